The van der Waals surface area contributed by atoms with Gasteiger partial charge >= 0.3 is 0 Å². The summed E-state index contributed by atoms with van der Waals surface area (Å²) in [6.07, 6.45) is 4.85. The van der Waals surface area contributed by atoms with Gasteiger partial charge in [0, 0.05) is 17.0 Å². The van der Waals surface area contributed by atoms with Crippen molar-refractivity contribution in [2.75, 3.05) is 24.7 Å². The quantitative estimate of drug-likeness (QED) is 0.821. The van der Waals surface area contributed by atoms with Gasteiger partial charge in [0.15, 0.2) is 0 Å². The van der Waals surface area contributed by atoms with Crippen LogP contribution in [0.4, 0.5) is 5.69 Å². The van der Waals surface area contributed by atoms with Gasteiger partial charge in [0.2, 0.25) is 5.91 Å². The molecule has 1 aliphatic rings. The second-order valence-corrected chi connectivity index (χ2v) is 5.56. The Labute approximate surface area is 125 Å². The van der Waals surface area contributed by atoms with Gasteiger partial charge in [0.1, 0.15) is 0 Å². The van der Waals surface area contributed by atoms with E-state index < -0.39 is 0 Å². The van der Waals surface area contributed by atoms with Crippen molar-refractivity contribution >= 4 is 35.8 Å². The average Bonchev–Trinajstić information content (AvgIpc) is 2.90. The van der Waals surface area contributed by atoms with Crippen molar-refractivity contribution in [3.8, 4) is 0 Å². The number of anilines is 1. The summed E-state index contributed by atoms with van der Waals surface area (Å²) in [6.45, 7) is 2.16. The zero-order valence-corrected chi connectivity index (χ0v) is 12.8. The first-order chi connectivity index (χ1) is 8.78. The zero-order valence-electron chi connectivity index (χ0n) is 11.1. The minimum Gasteiger partial charge on any atom is -0.326 e. The maximum absolute atomic E-state index is 11.8. The van der Waals surface area contributed by atoms with Crippen molar-refractivity contribution in [3.05, 3.63) is 24.3 Å². The van der Waals surface area contributed by atoms with Crippen molar-refractivity contribution in [2.45, 2.75) is 24.2 Å². The van der Waals surface area contributed by atoms with Crippen LogP contribution < -0.4 is 10.6 Å². The number of nitrogens with one attached hydrogen (secondary N) is 2. The summed E-state index contributed by atoms with van der Waals surface area (Å²) < 4.78 is 0. The topological polar surface area (TPSA) is 41.1 Å². The third kappa shape index (κ3) is 5.43. The highest BCUT2D eigenvalue weighted by molar-refractivity contribution is 7.98. The molecule has 106 valence electrons. The highest BCUT2D eigenvalue weighted by Crippen LogP contribution is 2.20. The molecule has 0 aliphatic carbocycles. The van der Waals surface area contributed by atoms with Crippen LogP contribution in [0.5, 0.6) is 0 Å². The molecule has 1 atom stereocenters. The molecule has 0 aromatic heterocycles. The van der Waals surface area contributed by atoms with Gasteiger partial charge in [-0.15, -0.1) is 24.2 Å². The van der Waals surface area contributed by atoms with Crippen molar-refractivity contribution in [1.29, 1.82) is 0 Å². The highest BCUT2D eigenvalue weighted by atomic mass is 35.5. The third-order valence-electron chi connectivity index (χ3n) is 3.30. The molecule has 3 nitrogen and oxygen atoms in total. The van der Waals surface area contributed by atoms with E-state index in [1.165, 1.54) is 11.3 Å². The third-order valence-corrected chi connectivity index (χ3v) is 4.02. The molecule has 1 aromatic carbocycles. The van der Waals surface area contributed by atoms with E-state index in [2.05, 4.69) is 10.6 Å². The Morgan fingerprint density at radius 3 is 3.05 bits per heavy atom. The number of hydrogen-bond acceptors (Lipinski definition) is 3. The number of carbonyl (C=O) groups is 1. The van der Waals surface area contributed by atoms with Crippen molar-refractivity contribution in [1.82, 2.24) is 5.32 Å². The highest BCUT2D eigenvalue weighted by Gasteiger charge is 2.15. The fourth-order valence-electron chi connectivity index (χ4n) is 2.22. The Balaban J connectivity index is 0.00000180. The molecule has 0 saturated carbocycles. The molecule has 5 heteroatoms. The lowest BCUT2D eigenvalue weighted by Gasteiger charge is -2.09. The van der Waals surface area contributed by atoms with E-state index >= 15 is 0 Å². The summed E-state index contributed by atoms with van der Waals surface area (Å²) in [4.78, 5) is 13.0. The number of amides is 1. The van der Waals surface area contributed by atoms with Gasteiger partial charge in [-0.05, 0) is 56.3 Å². The first-order valence-corrected chi connectivity index (χ1v) is 7.65. The summed E-state index contributed by atoms with van der Waals surface area (Å²) in [5.41, 5.74) is 0.899. The molecule has 1 saturated heterocycles. The van der Waals surface area contributed by atoms with Gasteiger partial charge in [0.25, 0.3) is 0 Å². The van der Waals surface area contributed by atoms with Gasteiger partial charge in [-0.25, -0.2) is 0 Å². The van der Waals surface area contributed by atoms with Crippen LogP contribution in [0.1, 0.15) is 19.3 Å². The molecule has 2 rings (SSSR count). The number of carbonyl (C=O) groups excluding carboxylic acids is 1. The summed E-state index contributed by atoms with van der Waals surface area (Å²) in [6, 6.07) is 7.97. The molecule has 1 unspecified atom stereocenters. The van der Waals surface area contributed by atoms with Crippen LogP contribution in [0.3, 0.4) is 0 Å². The Morgan fingerprint density at radius 1 is 1.53 bits per heavy atom. The number of hydrogen-bond donors (Lipinski definition) is 2. The SMILES string of the molecule is CSc1cccc(NC(=O)CCC2CCNC2)c1.Cl. The smallest absolute Gasteiger partial charge is 0.224 e. The van der Waals surface area contributed by atoms with E-state index in [-0.39, 0.29) is 18.3 Å². The van der Waals surface area contributed by atoms with E-state index in [1.54, 1.807) is 11.8 Å². The van der Waals surface area contributed by atoms with Crippen LogP contribution in [0, 0.1) is 5.92 Å². The number of thioether (sulfide) groups is 1. The molecule has 0 bridgehead atoms. The second kappa shape index (κ2) is 8.46. The average molecular weight is 301 g/mol. The Hall–Kier alpha value is -0.710. The minimum atomic E-state index is 0. The van der Waals surface area contributed by atoms with Crippen LogP contribution >= 0.6 is 24.2 Å². The van der Waals surface area contributed by atoms with E-state index in [0.29, 0.717) is 12.3 Å². The molecular weight excluding hydrogens is 280 g/mol. The second-order valence-electron chi connectivity index (χ2n) is 4.68. The van der Waals surface area contributed by atoms with Crippen molar-refractivity contribution in [3.63, 3.8) is 0 Å². The van der Waals surface area contributed by atoms with Crippen LogP contribution in [0.25, 0.3) is 0 Å². The van der Waals surface area contributed by atoms with Gasteiger partial charge in [0.05, 0.1) is 0 Å². The molecule has 1 heterocycles. The van der Waals surface area contributed by atoms with Crippen LogP contribution in [-0.2, 0) is 4.79 Å². The first-order valence-electron chi connectivity index (χ1n) is 6.42. The van der Waals surface area contributed by atoms with Crippen molar-refractivity contribution < 1.29 is 4.79 Å². The Bertz CT molecular complexity index is 408. The van der Waals surface area contributed by atoms with E-state index in [0.717, 1.165) is 25.2 Å². The molecular formula is C14H21ClN2OS. The monoisotopic (exact) mass is 300 g/mol. The standard InChI is InChI=1S/C14H20N2OS.ClH/c1-18-13-4-2-3-12(9-13)16-14(17)6-5-11-7-8-15-10-11;/h2-4,9,11,15H,5-8,10H2,1H3,(H,16,17);1H. The van der Waals surface area contributed by atoms with Crippen molar-refractivity contribution in [2.24, 2.45) is 5.92 Å². The fraction of sp³-hybridized carbons (Fsp3) is 0.500. The molecule has 1 fully saturated rings. The zero-order chi connectivity index (χ0) is 12.8. The largest absolute Gasteiger partial charge is 0.326 e. The van der Waals surface area contributed by atoms with Gasteiger partial charge in [-0.3, -0.25) is 4.79 Å². The summed E-state index contributed by atoms with van der Waals surface area (Å²) in [5.74, 6) is 0.799. The molecule has 1 aliphatic heterocycles. The molecule has 19 heavy (non-hydrogen) atoms. The van der Waals surface area contributed by atoms with Gasteiger partial charge in [-0.1, -0.05) is 6.07 Å². The lowest BCUT2D eigenvalue weighted by molar-refractivity contribution is -0.116. The Kier molecular flexibility index (Phi) is 7.28. The maximum atomic E-state index is 11.8. The molecule has 0 spiro atoms. The number of halogens is 1. The van der Waals surface area contributed by atoms with Crippen LogP contribution in [-0.4, -0.2) is 25.3 Å². The fourth-order valence-corrected chi connectivity index (χ4v) is 2.68. The lowest BCUT2D eigenvalue weighted by atomic mass is 10.0. The normalized spacial score (nSPS) is 17.8. The van der Waals surface area contributed by atoms with Gasteiger partial charge < -0.3 is 10.6 Å². The molecule has 0 radical (unpaired) electrons. The number of benzene rings is 1. The van der Waals surface area contributed by atoms with E-state index in [4.69, 9.17) is 0 Å². The number of rotatable bonds is 5. The van der Waals surface area contributed by atoms with E-state index in [1.807, 2.05) is 30.5 Å². The molecule has 2 N–H and O–H groups in total. The predicted molar refractivity (Wildman–Crippen MR) is 84.3 cm³/mol. The first kappa shape index (κ1) is 16.3. The molecule has 1 amide bonds. The summed E-state index contributed by atoms with van der Waals surface area (Å²) in [7, 11) is 0. The predicted octanol–water partition coefficient (Wildman–Crippen LogP) is 3.16. The van der Waals surface area contributed by atoms with Crippen LogP contribution in [0.2, 0.25) is 0 Å². The van der Waals surface area contributed by atoms with E-state index in [9.17, 15) is 4.79 Å². The van der Waals surface area contributed by atoms with Gasteiger partial charge in [-0.2, -0.15) is 0 Å². The minimum absolute atomic E-state index is 0. The molecule has 1 aromatic rings. The maximum Gasteiger partial charge on any atom is 0.224 e. The lowest BCUT2D eigenvalue weighted by Crippen LogP contribution is -2.14. The summed E-state index contributed by atoms with van der Waals surface area (Å²) >= 11 is 1.68. The van der Waals surface area contributed by atoms with Crippen LogP contribution in [0.15, 0.2) is 29.2 Å². The Morgan fingerprint density at radius 2 is 2.37 bits per heavy atom. The summed E-state index contributed by atoms with van der Waals surface area (Å²) in [5, 5.41) is 6.29.